The van der Waals surface area contributed by atoms with Gasteiger partial charge in [0.15, 0.2) is 0 Å². The topological polar surface area (TPSA) is 84.9 Å². The maximum absolute atomic E-state index is 11.7. The van der Waals surface area contributed by atoms with Crippen molar-refractivity contribution in [3.63, 3.8) is 0 Å². The highest BCUT2D eigenvalue weighted by atomic mass is 16.5. The number of amides is 1. The molecule has 22 heavy (non-hydrogen) atoms. The van der Waals surface area contributed by atoms with Gasteiger partial charge in [0, 0.05) is 12.3 Å². The van der Waals surface area contributed by atoms with Crippen LogP contribution in [0.5, 0.6) is 0 Å². The molecule has 6 nitrogen and oxygen atoms in total. The summed E-state index contributed by atoms with van der Waals surface area (Å²) in [5, 5.41) is 11.9. The lowest BCUT2D eigenvalue weighted by Crippen LogP contribution is -2.28. The summed E-state index contributed by atoms with van der Waals surface area (Å²) in [5.41, 5.74) is 0.305. The molecule has 122 valence electrons. The van der Waals surface area contributed by atoms with Crippen LogP contribution in [0.25, 0.3) is 0 Å². The third kappa shape index (κ3) is 5.46. The molecule has 0 atom stereocenters. The molecule has 2 N–H and O–H groups in total. The monoisotopic (exact) mass is 309 g/mol. The minimum atomic E-state index is -0.967. The number of aliphatic carboxylic acids is 1. The van der Waals surface area contributed by atoms with E-state index >= 15 is 0 Å². The third-order valence-electron chi connectivity index (χ3n) is 3.23. The molecule has 1 rings (SSSR count). The number of carboxylic acids is 1. The fraction of sp³-hybridized carbons (Fsp3) is 0.500. The van der Waals surface area contributed by atoms with Gasteiger partial charge in [-0.3, -0.25) is 9.59 Å². The van der Waals surface area contributed by atoms with Crippen LogP contribution >= 0.6 is 0 Å². The van der Waals surface area contributed by atoms with Crippen molar-refractivity contribution in [1.29, 1.82) is 0 Å². The van der Waals surface area contributed by atoms with E-state index in [4.69, 9.17) is 9.47 Å². The molecule has 0 fully saturated rings. The molecular weight excluding hydrogens is 286 g/mol. The maximum atomic E-state index is 11.7. The normalized spacial score (nSPS) is 11.2. The van der Waals surface area contributed by atoms with Gasteiger partial charge < -0.3 is 19.9 Å². The number of carboxylic acid groups (broad SMARTS) is 1. The van der Waals surface area contributed by atoms with Gasteiger partial charge in [0.2, 0.25) is 5.91 Å². The van der Waals surface area contributed by atoms with Gasteiger partial charge in [-0.1, -0.05) is 12.1 Å². The molecule has 0 spiro atoms. The highest BCUT2D eigenvalue weighted by Crippen LogP contribution is 2.24. The number of rotatable bonds is 9. The van der Waals surface area contributed by atoms with E-state index in [-0.39, 0.29) is 12.5 Å². The van der Waals surface area contributed by atoms with Crippen LogP contribution in [0.3, 0.4) is 0 Å². The smallest absolute Gasteiger partial charge is 0.313 e. The molecule has 0 saturated carbocycles. The Balaban J connectivity index is 2.47. The first-order valence-corrected chi connectivity index (χ1v) is 7.17. The average molecular weight is 309 g/mol. The summed E-state index contributed by atoms with van der Waals surface area (Å²) in [5.74, 6) is -1.16. The number of carbonyl (C=O) groups excluding carboxylic acids is 1. The molecule has 1 aromatic rings. The second-order valence-electron chi connectivity index (χ2n) is 5.31. The molecule has 1 aromatic carbocycles. The first-order valence-electron chi connectivity index (χ1n) is 7.17. The van der Waals surface area contributed by atoms with Gasteiger partial charge in [-0.2, -0.15) is 0 Å². The number of nitrogens with one attached hydrogen (secondary N) is 1. The summed E-state index contributed by atoms with van der Waals surface area (Å²) in [6, 6.07) is 6.75. The maximum Gasteiger partial charge on any atom is 0.313 e. The molecule has 0 bridgehead atoms. The lowest BCUT2D eigenvalue weighted by atomic mass is 9.85. The van der Waals surface area contributed by atoms with Crippen LogP contribution in [0.4, 0.5) is 5.69 Å². The molecule has 0 aromatic heterocycles. The second kappa shape index (κ2) is 8.51. The van der Waals surface area contributed by atoms with Crippen LogP contribution < -0.4 is 5.32 Å². The minimum Gasteiger partial charge on any atom is -0.481 e. The minimum absolute atomic E-state index is 0.0462. The van der Waals surface area contributed by atoms with Crippen molar-refractivity contribution in [3.8, 4) is 0 Å². The number of ether oxygens (including phenoxy) is 2. The quantitative estimate of drug-likeness (QED) is 0.682. The first-order chi connectivity index (χ1) is 10.4. The number of benzene rings is 1. The van der Waals surface area contributed by atoms with Gasteiger partial charge in [-0.15, -0.1) is 0 Å². The Bertz CT molecular complexity index is 496. The summed E-state index contributed by atoms with van der Waals surface area (Å²) in [4.78, 5) is 22.8. The summed E-state index contributed by atoms with van der Waals surface area (Å²) in [7, 11) is 0. The Hall–Kier alpha value is -1.92. The van der Waals surface area contributed by atoms with Crippen LogP contribution in [0.2, 0.25) is 0 Å². The SMILES string of the molecule is CCOCCOCC(=O)Nc1ccc(C(C)(C)C(=O)O)cc1. The standard InChI is InChI=1S/C16H23NO5/c1-4-21-9-10-22-11-14(18)17-13-7-5-12(6-8-13)16(2,3)15(19)20/h5-8H,4,9-11H2,1-3H3,(H,17,18)(H,19,20). The van der Waals surface area contributed by atoms with E-state index in [9.17, 15) is 14.7 Å². The summed E-state index contributed by atoms with van der Waals surface area (Å²) in [6.45, 7) is 6.56. The number of hydrogen-bond acceptors (Lipinski definition) is 4. The molecule has 0 unspecified atom stereocenters. The molecule has 0 saturated heterocycles. The van der Waals surface area contributed by atoms with Crippen molar-refractivity contribution in [1.82, 2.24) is 0 Å². The zero-order valence-electron chi connectivity index (χ0n) is 13.2. The highest BCUT2D eigenvalue weighted by Gasteiger charge is 2.29. The lowest BCUT2D eigenvalue weighted by Gasteiger charge is -2.19. The molecule has 0 aliphatic rings. The largest absolute Gasteiger partial charge is 0.481 e. The molecule has 0 heterocycles. The summed E-state index contributed by atoms with van der Waals surface area (Å²) < 4.78 is 10.3. The average Bonchev–Trinajstić information content (AvgIpc) is 2.47. The van der Waals surface area contributed by atoms with Crippen molar-refractivity contribution < 1.29 is 24.2 Å². The van der Waals surface area contributed by atoms with Crippen molar-refractivity contribution in [2.75, 3.05) is 31.7 Å². The first kappa shape index (κ1) is 18.1. The zero-order valence-corrected chi connectivity index (χ0v) is 13.2. The van der Waals surface area contributed by atoms with Crippen LogP contribution in [0, 0.1) is 0 Å². The Morgan fingerprint density at radius 1 is 1.14 bits per heavy atom. The molecule has 0 aliphatic heterocycles. The molecule has 0 radical (unpaired) electrons. The highest BCUT2D eigenvalue weighted by molar-refractivity contribution is 5.91. The summed E-state index contributed by atoms with van der Waals surface area (Å²) in [6.07, 6.45) is 0. The van der Waals surface area contributed by atoms with E-state index < -0.39 is 11.4 Å². The van der Waals surface area contributed by atoms with E-state index in [2.05, 4.69) is 5.32 Å². The second-order valence-corrected chi connectivity index (χ2v) is 5.31. The Kier molecular flexibility index (Phi) is 7.01. The predicted molar refractivity (Wildman–Crippen MR) is 83.0 cm³/mol. The van der Waals surface area contributed by atoms with E-state index in [1.165, 1.54) is 0 Å². The molecule has 6 heteroatoms. The van der Waals surface area contributed by atoms with E-state index in [1.54, 1.807) is 38.1 Å². The van der Waals surface area contributed by atoms with E-state index in [0.29, 0.717) is 31.1 Å². The van der Waals surface area contributed by atoms with Crippen molar-refractivity contribution in [2.45, 2.75) is 26.2 Å². The predicted octanol–water partition coefficient (Wildman–Crippen LogP) is 2.04. The lowest BCUT2D eigenvalue weighted by molar-refractivity contribution is -0.142. The van der Waals surface area contributed by atoms with Crippen LogP contribution in [0.1, 0.15) is 26.3 Å². The number of anilines is 1. The van der Waals surface area contributed by atoms with Crippen LogP contribution in [-0.4, -0.2) is 43.4 Å². The van der Waals surface area contributed by atoms with Gasteiger partial charge in [-0.05, 0) is 38.5 Å². The van der Waals surface area contributed by atoms with Crippen LogP contribution in [0.15, 0.2) is 24.3 Å². The van der Waals surface area contributed by atoms with Gasteiger partial charge >= 0.3 is 5.97 Å². The van der Waals surface area contributed by atoms with Crippen molar-refractivity contribution >= 4 is 17.6 Å². The van der Waals surface area contributed by atoms with Gasteiger partial charge in [0.1, 0.15) is 6.61 Å². The third-order valence-corrected chi connectivity index (χ3v) is 3.23. The van der Waals surface area contributed by atoms with Crippen LogP contribution in [-0.2, 0) is 24.5 Å². The van der Waals surface area contributed by atoms with Gasteiger partial charge in [-0.25, -0.2) is 0 Å². The molecular formula is C16H23NO5. The Labute approximate surface area is 130 Å². The van der Waals surface area contributed by atoms with Crippen molar-refractivity contribution in [3.05, 3.63) is 29.8 Å². The van der Waals surface area contributed by atoms with E-state index in [0.717, 1.165) is 0 Å². The fourth-order valence-corrected chi connectivity index (χ4v) is 1.72. The van der Waals surface area contributed by atoms with Crippen molar-refractivity contribution in [2.24, 2.45) is 0 Å². The number of carbonyl (C=O) groups is 2. The zero-order chi connectivity index (χ0) is 16.6. The number of hydrogen-bond donors (Lipinski definition) is 2. The molecule has 0 aliphatic carbocycles. The molecule has 1 amide bonds. The Morgan fingerprint density at radius 2 is 1.73 bits per heavy atom. The summed E-state index contributed by atoms with van der Waals surface area (Å²) >= 11 is 0. The van der Waals surface area contributed by atoms with Gasteiger partial charge in [0.05, 0.1) is 18.6 Å². The van der Waals surface area contributed by atoms with Gasteiger partial charge in [0.25, 0.3) is 0 Å². The fourth-order valence-electron chi connectivity index (χ4n) is 1.72. The van der Waals surface area contributed by atoms with E-state index in [1.807, 2.05) is 6.92 Å². The Morgan fingerprint density at radius 3 is 2.27 bits per heavy atom.